The number of hydrogen-bond acceptors (Lipinski definition) is 2. The van der Waals surface area contributed by atoms with Gasteiger partial charge in [0.25, 0.3) is 0 Å². The van der Waals surface area contributed by atoms with Crippen molar-refractivity contribution in [3.8, 4) is 12.1 Å². The maximum atomic E-state index is 8.63. The summed E-state index contributed by atoms with van der Waals surface area (Å²) in [4.78, 5) is 0. The summed E-state index contributed by atoms with van der Waals surface area (Å²) in [5.41, 5.74) is 1.06. The van der Waals surface area contributed by atoms with E-state index in [0.717, 1.165) is 5.57 Å². The number of nitriles is 2. The standard InChI is InChI=1S/C9H8N2/c1-7-2-3-8(5-10)9(4-7)6-11/h2-4,8-9H,1H3. The van der Waals surface area contributed by atoms with Crippen LogP contribution in [0, 0.1) is 34.5 Å². The average Bonchev–Trinajstić information content (AvgIpc) is 2.04. The Morgan fingerprint density at radius 2 is 1.91 bits per heavy atom. The topological polar surface area (TPSA) is 47.6 Å². The molecule has 0 saturated carbocycles. The van der Waals surface area contributed by atoms with E-state index in [2.05, 4.69) is 12.1 Å². The summed E-state index contributed by atoms with van der Waals surface area (Å²) in [5, 5.41) is 17.2. The molecule has 0 aromatic heterocycles. The lowest BCUT2D eigenvalue weighted by Gasteiger charge is -2.11. The molecule has 0 spiro atoms. The van der Waals surface area contributed by atoms with Gasteiger partial charge in [-0.3, -0.25) is 0 Å². The third-order valence-electron chi connectivity index (χ3n) is 1.69. The molecular weight excluding hydrogens is 136 g/mol. The van der Waals surface area contributed by atoms with Crippen LogP contribution in [0.2, 0.25) is 0 Å². The van der Waals surface area contributed by atoms with Crippen LogP contribution in [0.1, 0.15) is 6.92 Å². The van der Waals surface area contributed by atoms with Crippen LogP contribution < -0.4 is 0 Å². The molecule has 0 radical (unpaired) electrons. The Bertz CT molecular complexity index is 286. The van der Waals surface area contributed by atoms with Crippen molar-refractivity contribution in [2.45, 2.75) is 6.92 Å². The van der Waals surface area contributed by atoms with Gasteiger partial charge in [-0.1, -0.05) is 23.8 Å². The van der Waals surface area contributed by atoms with E-state index in [9.17, 15) is 0 Å². The van der Waals surface area contributed by atoms with Gasteiger partial charge in [0.05, 0.1) is 24.0 Å². The van der Waals surface area contributed by atoms with E-state index in [0.29, 0.717) is 0 Å². The van der Waals surface area contributed by atoms with Crippen molar-refractivity contribution in [1.82, 2.24) is 0 Å². The van der Waals surface area contributed by atoms with Crippen LogP contribution in [-0.2, 0) is 0 Å². The molecule has 2 atom stereocenters. The highest BCUT2D eigenvalue weighted by Gasteiger charge is 2.18. The van der Waals surface area contributed by atoms with E-state index in [4.69, 9.17) is 10.5 Å². The minimum atomic E-state index is -0.260. The summed E-state index contributed by atoms with van der Waals surface area (Å²) < 4.78 is 0. The maximum Gasteiger partial charge on any atom is 0.0842 e. The molecule has 2 unspecified atom stereocenters. The summed E-state index contributed by atoms with van der Waals surface area (Å²) in [5.74, 6) is -0.520. The van der Waals surface area contributed by atoms with Crippen LogP contribution in [-0.4, -0.2) is 0 Å². The molecule has 1 aliphatic rings. The second kappa shape index (κ2) is 3.03. The minimum Gasteiger partial charge on any atom is -0.198 e. The molecular formula is C9H8N2. The summed E-state index contributed by atoms with van der Waals surface area (Å²) in [6.45, 7) is 1.93. The van der Waals surface area contributed by atoms with Crippen LogP contribution >= 0.6 is 0 Å². The van der Waals surface area contributed by atoms with Gasteiger partial charge in [0.2, 0.25) is 0 Å². The molecule has 54 valence electrons. The van der Waals surface area contributed by atoms with Gasteiger partial charge in [-0.2, -0.15) is 10.5 Å². The Labute approximate surface area is 66.1 Å². The molecule has 0 aromatic rings. The monoisotopic (exact) mass is 144 g/mol. The fraction of sp³-hybridized carbons (Fsp3) is 0.333. The Balaban J connectivity index is 2.87. The summed E-state index contributed by atoms with van der Waals surface area (Å²) in [6, 6.07) is 4.16. The third-order valence-corrected chi connectivity index (χ3v) is 1.69. The maximum absolute atomic E-state index is 8.63. The molecule has 0 aliphatic heterocycles. The lowest BCUT2D eigenvalue weighted by atomic mass is 9.88. The zero-order valence-corrected chi connectivity index (χ0v) is 6.28. The van der Waals surface area contributed by atoms with Crippen molar-refractivity contribution >= 4 is 0 Å². The van der Waals surface area contributed by atoms with Gasteiger partial charge in [0, 0.05) is 0 Å². The lowest BCUT2D eigenvalue weighted by molar-refractivity contribution is 0.687. The van der Waals surface area contributed by atoms with Crippen LogP contribution in [0.4, 0.5) is 0 Å². The Morgan fingerprint density at radius 1 is 1.27 bits per heavy atom. The SMILES string of the molecule is CC1=CC(C#N)C(C#N)C=C1. The van der Waals surface area contributed by atoms with E-state index in [1.807, 2.05) is 19.1 Å². The van der Waals surface area contributed by atoms with Gasteiger partial charge in [0.1, 0.15) is 0 Å². The predicted octanol–water partition coefficient (Wildman–Crippen LogP) is 1.78. The molecule has 1 aliphatic carbocycles. The largest absolute Gasteiger partial charge is 0.198 e. The van der Waals surface area contributed by atoms with Crippen LogP contribution in [0.15, 0.2) is 23.8 Å². The number of rotatable bonds is 0. The third kappa shape index (κ3) is 1.48. The first-order valence-corrected chi connectivity index (χ1v) is 3.44. The van der Waals surface area contributed by atoms with Gasteiger partial charge < -0.3 is 0 Å². The number of allylic oxidation sites excluding steroid dienone is 4. The molecule has 0 fully saturated rings. The first kappa shape index (κ1) is 7.57. The van der Waals surface area contributed by atoms with Crippen molar-refractivity contribution in [3.05, 3.63) is 23.8 Å². The van der Waals surface area contributed by atoms with Crippen LogP contribution in [0.3, 0.4) is 0 Å². The second-order valence-corrected chi connectivity index (χ2v) is 2.58. The van der Waals surface area contributed by atoms with Gasteiger partial charge >= 0.3 is 0 Å². The molecule has 0 bridgehead atoms. The Kier molecular flexibility index (Phi) is 2.09. The second-order valence-electron chi connectivity index (χ2n) is 2.58. The van der Waals surface area contributed by atoms with E-state index in [1.165, 1.54) is 0 Å². The molecule has 0 amide bonds. The molecule has 0 N–H and O–H groups in total. The minimum absolute atomic E-state index is 0.259. The normalized spacial score (nSPS) is 28.5. The van der Waals surface area contributed by atoms with Crippen LogP contribution in [0.25, 0.3) is 0 Å². The van der Waals surface area contributed by atoms with E-state index >= 15 is 0 Å². The van der Waals surface area contributed by atoms with Crippen LogP contribution in [0.5, 0.6) is 0 Å². The molecule has 0 heterocycles. The van der Waals surface area contributed by atoms with Gasteiger partial charge in [0.15, 0.2) is 0 Å². The molecule has 2 heteroatoms. The van der Waals surface area contributed by atoms with Gasteiger partial charge in [-0.25, -0.2) is 0 Å². The fourth-order valence-electron chi connectivity index (χ4n) is 1.06. The number of nitrogens with zero attached hydrogens (tertiary/aromatic N) is 2. The highest BCUT2D eigenvalue weighted by molar-refractivity contribution is 5.29. The molecule has 11 heavy (non-hydrogen) atoms. The van der Waals surface area contributed by atoms with E-state index in [-0.39, 0.29) is 11.8 Å². The summed E-state index contributed by atoms with van der Waals surface area (Å²) in [7, 11) is 0. The zero-order chi connectivity index (χ0) is 8.27. The van der Waals surface area contributed by atoms with Crippen molar-refractivity contribution in [3.63, 3.8) is 0 Å². The van der Waals surface area contributed by atoms with E-state index in [1.54, 1.807) is 6.08 Å². The smallest absolute Gasteiger partial charge is 0.0842 e. The molecule has 0 aromatic carbocycles. The first-order chi connectivity index (χ1) is 5.27. The lowest BCUT2D eigenvalue weighted by Crippen LogP contribution is -2.09. The Hall–Kier alpha value is -1.54. The van der Waals surface area contributed by atoms with E-state index < -0.39 is 0 Å². The highest BCUT2D eigenvalue weighted by Crippen LogP contribution is 2.21. The number of hydrogen-bond donors (Lipinski definition) is 0. The Morgan fingerprint density at radius 3 is 2.45 bits per heavy atom. The van der Waals surface area contributed by atoms with Gasteiger partial charge in [-0.05, 0) is 6.92 Å². The summed E-state index contributed by atoms with van der Waals surface area (Å²) in [6.07, 6.45) is 5.48. The average molecular weight is 144 g/mol. The molecule has 2 nitrogen and oxygen atoms in total. The van der Waals surface area contributed by atoms with Crippen molar-refractivity contribution < 1.29 is 0 Å². The zero-order valence-electron chi connectivity index (χ0n) is 6.28. The molecule has 1 rings (SSSR count). The van der Waals surface area contributed by atoms with Crippen molar-refractivity contribution in [2.24, 2.45) is 11.8 Å². The van der Waals surface area contributed by atoms with Crippen molar-refractivity contribution in [2.75, 3.05) is 0 Å². The predicted molar refractivity (Wildman–Crippen MR) is 41.1 cm³/mol. The van der Waals surface area contributed by atoms with Gasteiger partial charge in [-0.15, -0.1) is 0 Å². The fourth-order valence-corrected chi connectivity index (χ4v) is 1.06. The van der Waals surface area contributed by atoms with Crippen molar-refractivity contribution in [1.29, 1.82) is 10.5 Å². The summed E-state index contributed by atoms with van der Waals surface area (Å²) >= 11 is 0. The quantitative estimate of drug-likeness (QED) is 0.520. The first-order valence-electron chi connectivity index (χ1n) is 3.44. The highest BCUT2D eigenvalue weighted by atomic mass is 14.3. The molecule has 0 saturated heterocycles.